The van der Waals surface area contributed by atoms with E-state index in [4.69, 9.17) is 5.73 Å². The predicted octanol–water partition coefficient (Wildman–Crippen LogP) is 1.84. The monoisotopic (exact) mass is 138 g/mol. The van der Waals surface area contributed by atoms with Crippen molar-refractivity contribution in [3.63, 3.8) is 0 Å². The third kappa shape index (κ3) is 5.09. The summed E-state index contributed by atoms with van der Waals surface area (Å²) < 4.78 is 0. The second-order valence-electron chi connectivity index (χ2n) is 2.14. The third-order valence-electron chi connectivity index (χ3n) is 0.962. The van der Waals surface area contributed by atoms with Crippen molar-refractivity contribution >= 4 is 5.84 Å². The number of nitrogens with two attached hydrogens (primary N) is 1. The summed E-state index contributed by atoms with van der Waals surface area (Å²) in [6.07, 6.45) is 4.28. The highest BCUT2D eigenvalue weighted by molar-refractivity contribution is 5.80. The van der Waals surface area contributed by atoms with Gasteiger partial charge in [0.25, 0.3) is 0 Å². The van der Waals surface area contributed by atoms with Crippen molar-refractivity contribution in [1.29, 1.82) is 0 Å². The molecule has 0 rings (SSSR count). The van der Waals surface area contributed by atoms with Gasteiger partial charge >= 0.3 is 0 Å². The Bertz CT molecular complexity index is 166. The van der Waals surface area contributed by atoms with Crippen LogP contribution in [0.15, 0.2) is 29.4 Å². The van der Waals surface area contributed by atoms with Gasteiger partial charge in [-0.2, -0.15) is 0 Å². The van der Waals surface area contributed by atoms with Crippen LogP contribution in [0, 0.1) is 0 Å². The van der Waals surface area contributed by atoms with Crippen molar-refractivity contribution in [2.75, 3.05) is 0 Å². The number of rotatable bonds is 3. The molecule has 10 heavy (non-hydrogen) atoms. The summed E-state index contributed by atoms with van der Waals surface area (Å²) in [6.45, 7) is 7.56. The summed E-state index contributed by atoms with van der Waals surface area (Å²) in [7, 11) is 0. The molecule has 2 N–H and O–H groups in total. The normalized spacial score (nSPS) is 12.4. The minimum atomic E-state index is 0.650. The molecule has 0 aromatic rings. The lowest BCUT2D eigenvalue weighted by molar-refractivity contribution is 1.23. The number of aliphatic imine (C=N–C) groups is 1. The molecular formula is C8H14N2. The molecule has 0 aromatic carbocycles. The van der Waals surface area contributed by atoms with E-state index in [1.807, 2.05) is 19.9 Å². The molecule has 0 spiro atoms. The fourth-order valence-electron chi connectivity index (χ4n) is 0.352. The Hall–Kier alpha value is -1.05. The molecule has 0 aliphatic carbocycles. The van der Waals surface area contributed by atoms with E-state index in [1.54, 1.807) is 6.20 Å². The molecule has 56 valence electrons. The Morgan fingerprint density at radius 2 is 2.30 bits per heavy atom. The van der Waals surface area contributed by atoms with Gasteiger partial charge < -0.3 is 5.73 Å². The molecule has 0 aromatic heterocycles. The average Bonchev–Trinajstić information content (AvgIpc) is 1.87. The van der Waals surface area contributed by atoms with E-state index in [0.717, 1.165) is 12.0 Å². The van der Waals surface area contributed by atoms with Gasteiger partial charge in [-0.3, -0.25) is 0 Å². The van der Waals surface area contributed by atoms with Crippen LogP contribution in [-0.4, -0.2) is 5.84 Å². The van der Waals surface area contributed by atoms with Gasteiger partial charge in [-0.1, -0.05) is 19.1 Å². The lowest BCUT2D eigenvalue weighted by Gasteiger charge is -1.88. The molecule has 0 fully saturated rings. The number of hydrogen-bond acceptors (Lipinski definition) is 1. The van der Waals surface area contributed by atoms with Crippen LogP contribution in [-0.2, 0) is 0 Å². The Balaban J connectivity index is 3.82. The minimum Gasteiger partial charge on any atom is -0.387 e. The van der Waals surface area contributed by atoms with Gasteiger partial charge in [-0.15, -0.1) is 0 Å². The molecule has 0 atom stereocenters. The highest BCUT2D eigenvalue weighted by atomic mass is 14.8. The molecule has 0 unspecified atom stereocenters. The maximum absolute atomic E-state index is 5.43. The molecule has 0 radical (unpaired) electrons. The topological polar surface area (TPSA) is 38.4 Å². The first-order valence-corrected chi connectivity index (χ1v) is 3.31. The fraction of sp³-hybridized carbons (Fsp3) is 0.375. The fourth-order valence-corrected chi connectivity index (χ4v) is 0.352. The van der Waals surface area contributed by atoms with Gasteiger partial charge in [0.05, 0.1) is 5.84 Å². The zero-order valence-corrected chi connectivity index (χ0v) is 6.59. The van der Waals surface area contributed by atoms with Crippen LogP contribution in [0.4, 0.5) is 0 Å². The van der Waals surface area contributed by atoms with Crippen LogP contribution in [0.3, 0.4) is 0 Å². The number of hydrogen-bond donors (Lipinski definition) is 1. The summed E-state index contributed by atoms with van der Waals surface area (Å²) >= 11 is 0. The number of amidine groups is 1. The third-order valence-corrected chi connectivity index (χ3v) is 0.962. The average molecular weight is 138 g/mol. The molecule has 0 amide bonds. The molecule has 0 bridgehead atoms. The van der Waals surface area contributed by atoms with Crippen LogP contribution in [0.25, 0.3) is 0 Å². The van der Waals surface area contributed by atoms with E-state index in [1.165, 1.54) is 0 Å². The summed E-state index contributed by atoms with van der Waals surface area (Å²) in [4.78, 5) is 3.94. The Morgan fingerprint density at radius 1 is 1.70 bits per heavy atom. The van der Waals surface area contributed by atoms with Crippen LogP contribution in [0.2, 0.25) is 0 Å². The van der Waals surface area contributed by atoms with Crippen LogP contribution >= 0.6 is 0 Å². The summed E-state index contributed by atoms with van der Waals surface area (Å²) in [5.74, 6) is 0.650. The SMILES string of the molecule is C=C(C)/C=C\N=C(N)CC. The molecule has 0 heterocycles. The zero-order chi connectivity index (χ0) is 7.98. The molecule has 0 aliphatic heterocycles. The molecule has 0 saturated heterocycles. The quantitative estimate of drug-likeness (QED) is 0.361. The van der Waals surface area contributed by atoms with E-state index in [0.29, 0.717) is 5.84 Å². The van der Waals surface area contributed by atoms with Gasteiger partial charge in [-0.25, -0.2) is 4.99 Å². The van der Waals surface area contributed by atoms with Gasteiger partial charge in [0.2, 0.25) is 0 Å². The van der Waals surface area contributed by atoms with Crippen molar-refractivity contribution in [3.8, 4) is 0 Å². The molecule has 0 aliphatic rings. The Morgan fingerprint density at radius 3 is 2.70 bits per heavy atom. The Labute approximate surface area is 62.1 Å². The lowest BCUT2D eigenvalue weighted by Crippen LogP contribution is -2.08. The first-order valence-electron chi connectivity index (χ1n) is 3.31. The largest absolute Gasteiger partial charge is 0.387 e. The van der Waals surface area contributed by atoms with Gasteiger partial charge in [0, 0.05) is 12.6 Å². The first kappa shape index (κ1) is 8.95. The van der Waals surface area contributed by atoms with Gasteiger partial charge in [0.1, 0.15) is 0 Å². The van der Waals surface area contributed by atoms with Crippen molar-refractivity contribution in [3.05, 3.63) is 24.4 Å². The predicted molar refractivity (Wildman–Crippen MR) is 45.9 cm³/mol. The first-order chi connectivity index (χ1) is 4.66. The van der Waals surface area contributed by atoms with E-state index >= 15 is 0 Å². The van der Waals surface area contributed by atoms with E-state index in [2.05, 4.69) is 11.6 Å². The number of allylic oxidation sites excluding steroid dienone is 2. The van der Waals surface area contributed by atoms with Gasteiger partial charge in [-0.05, 0) is 13.0 Å². The molecule has 0 saturated carbocycles. The van der Waals surface area contributed by atoms with Crippen molar-refractivity contribution in [2.24, 2.45) is 10.7 Å². The second kappa shape index (κ2) is 4.79. The van der Waals surface area contributed by atoms with Crippen molar-refractivity contribution < 1.29 is 0 Å². The smallest absolute Gasteiger partial charge is 0.0986 e. The summed E-state index contributed by atoms with van der Waals surface area (Å²) in [6, 6.07) is 0. The zero-order valence-electron chi connectivity index (χ0n) is 6.59. The van der Waals surface area contributed by atoms with Crippen LogP contribution in [0.5, 0.6) is 0 Å². The highest BCUT2D eigenvalue weighted by Gasteiger charge is 1.79. The van der Waals surface area contributed by atoms with Crippen LogP contribution < -0.4 is 5.73 Å². The van der Waals surface area contributed by atoms with Gasteiger partial charge in [0.15, 0.2) is 0 Å². The summed E-state index contributed by atoms with van der Waals surface area (Å²) in [5.41, 5.74) is 6.41. The maximum atomic E-state index is 5.43. The summed E-state index contributed by atoms with van der Waals surface area (Å²) in [5, 5.41) is 0. The minimum absolute atomic E-state index is 0.650. The second-order valence-corrected chi connectivity index (χ2v) is 2.14. The van der Waals surface area contributed by atoms with Crippen molar-refractivity contribution in [1.82, 2.24) is 0 Å². The Kier molecular flexibility index (Phi) is 4.29. The maximum Gasteiger partial charge on any atom is 0.0986 e. The van der Waals surface area contributed by atoms with Crippen molar-refractivity contribution in [2.45, 2.75) is 20.3 Å². The van der Waals surface area contributed by atoms with Crippen LogP contribution in [0.1, 0.15) is 20.3 Å². The van der Waals surface area contributed by atoms with E-state index in [9.17, 15) is 0 Å². The van der Waals surface area contributed by atoms with E-state index < -0.39 is 0 Å². The number of nitrogens with zero attached hydrogens (tertiary/aromatic N) is 1. The molecule has 2 heteroatoms. The lowest BCUT2D eigenvalue weighted by atomic mass is 10.3. The molecule has 2 nitrogen and oxygen atoms in total. The molecular weight excluding hydrogens is 124 g/mol. The standard InChI is InChI=1S/C8H14N2/c1-4-8(9)10-6-5-7(2)3/h5-6H,2,4H2,1,3H3,(H2,9,10)/b6-5-. The van der Waals surface area contributed by atoms with E-state index in [-0.39, 0.29) is 0 Å². The highest BCUT2D eigenvalue weighted by Crippen LogP contribution is 1.89.